The predicted molar refractivity (Wildman–Crippen MR) is 241 cm³/mol. The van der Waals surface area contributed by atoms with Crippen molar-refractivity contribution in [1.82, 2.24) is 0 Å². The fourth-order valence-electron chi connectivity index (χ4n) is 9.07. The summed E-state index contributed by atoms with van der Waals surface area (Å²) in [5, 5.41) is 9.01. The third kappa shape index (κ3) is 4.95. The summed E-state index contributed by atoms with van der Waals surface area (Å²) >= 11 is 0. The highest BCUT2D eigenvalue weighted by atomic mass is 16.5. The predicted octanol–water partition coefficient (Wildman–Crippen LogP) is 15.8. The van der Waals surface area contributed by atoms with Crippen LogP contribution in [0.2, 0.25) is 0 Å². The van der Waals surface area contributed by atoms with Gasteiger partial charge in [0.1, 0.15) is 17.1 Å². The summed E-state index contributed by atoms with van der Waals surface area (Å²) in [7, 11) is 0. The van der Waals surface area contributed by atoms with Crippen LogP contribution in [0.3, 0.4) is 0 Å². The van der Waals surface area contributed by atoms with E-state index in [1.807, 2.05) is 12.1 Å². The molecule has 0 N–H and O–H groups in total. The van der Waals surface area contributed by atoms with Crippen molar-refractivity contribution in [2.45, 2.75) is 0 Å². The van der Waals surface area contributed by atoms with Gasteiger partial charge in [-0.15, -0.1) is 0 Å². The SMILES string of the molecule is c1ccc(-c2ccccc2N(c2ccccc2)c2cc3ccc4cc(N(c5ccccc5)c5cccc6c5oc5ccccc56)cc5c4c3c3c(cccc23)O5)cc1. The quantitative estimate of drug-likeness (QED) is 0.152. The molecule has 272 valence electrons. The molecule has 0 saturated heterocycles. The van der Waals surface area contributed by atoms with Gasteiger partial charge in [-0.25, -0.2) is 0 Å². The topological polar surface area (TPSA) is 28.9 Å². The number of fused-ring (bicyclic) bond motifs is 3. The number of ether oxygens (including phenoxy) is 1. The number of hydrogen-bond donors (Lipinski definition) is 0. The Morgan fingerprint density at radius 2 is 0.966 bits per heavy atom. The zero-order valence-corrected chi connectivity index (χ0v) is 31.3. The van der Waals surface area contributed by atoms with Gasteiger partial charge in [0.2, 0.25) is 0 Å². The molecule has 0 amide bonds. The molecule has 1 aromatic heterocycles. The Bertz CT molecular complexity index is 3380. The lowest BCUT2D eigenvalue weighted by Gasteiger charge is -2.31. The molecule has 0 unspecified atom stereocenters. The van der Waals surface area contributed by atoms with Crippen LogP contribution < -0.4 is 14.5 Å². The standard InChI is InChI=1S/C54H34N2O2/c1-4-16-35(17-5-1)41-22-10-12-26-45(41)56(39-20-8-3-9-21-39)47-33-37-31-30-36-32-40(34-50-51(36)52(37)53-44(47)25-15-29-49(53)57-50)55(38-18-6-2-7-19-38)46-27-14-24-43-42-23-11-13-28-48(42)58-54(43)46/h1-34H. The second-order valence-electron chi connectivity index (χ2n) is 14.9. The van der Waals surface area contributed by atoms with E-state index < -0.39 is 0 Å². The molecule has 1 aliphatic rings. The average Bonchev–Trinajstić information content (AvgIpc) is 3.67. The summed E-state index contributed by atoms with van der Waals surface area (Å²) < 4.78 is 13.7. The Balaban J connectivity index is 1.10. The maximum atomic E-state index is 7.05. The molecule has 1 aliphatic heterocycles. The fraction of sp³-hybridized carbons (Fsp3) is 0. The first-order valence-electron chi connectivity index (χ1n) is 19.7. The lowest BCUT2D eigenvalue weighted by molar-refractivity contribution is 0.493. The van der Waals surface area contributed by atoms with Gasteiger partial charge in [-0.3, -0.25) is 0 Å². The summed E-state index contributed by atoms with van der Waals surface area (Å²) in [4.78, 5) is 4.69. The zero-order chi connectivity index (χ0) is 38.2. The molecule has 0 atom stereocenters. The van der Waals surface area contributed by atoms with Crippen LogP contribution >= 0.6 is 0 Å². The van der Waals surface area contributed by atoms with E-state index in [0.717, 1.165) is 100 Å². The highest BCUT2D eigenvalue weighted by Gasteiger charge is 2.27. The molecule has 4 heteroatoms. The van der Waals surface area contributed by atoms with Crippen LogP contribution in [0.25, 0.3) is 65.4 Å². The molecule has 0 spiro atoms. The zero-order valence-electron chi connectivity index (χ0n) is 31.3. The van der Waals surface area contributed by atoms with E-state index in [1.54, 1.807) is 0 Å². The van der Waals surface area contributed by atoms with Gasteiger partial charge >= 0.3 is 0 Å². The van der Waals surface area contributed by atoms with E-state index in [1.165, 1.54) is 10.9 Å². The van der Waals surface area contributed by atoms with Crippen molar-refractivity contribution in [3.05, 3.63) is 206 Å². The summed E-state index contributed by atoms with van der Waals surface area (Å²) in [6.07, 6.45) is 0. The molecule has 0 fully saturated rings. The van der Waals surface area contributed by atoms with Crippen molar-refractivity contribution >= 4 is 88.4 Å². The van der Waals surface area contributed by atoms with Gasteiger partial charge in [0.25, 0.3) is 0 Å². The first kappa shape index (κ1) is 32.4. The smallest absolute Gasteiger partial charge is 0.159 e. The Morgan fingerprint density at radius 3 is 1.78 bits per heavy atom. The Kier molecular flexibility index (Phi) is 7.20. The molecule has 10 aromatic carbocycles. The van der Waals surface area contributed by atoms with Crippen molar-refractivity contribution in [2.75, 3.05) is 9.80 Å². The number of furan rings is 1. The highest BCUT2D eigenvalue weighted by Crippen LogP contribution is 2.54. The molecular formula is C54H34N2O2. The fourth-order valence-corrected chi connectivity index (χ4v) is 9.07. The van der Waals surface area contributed by atoms with Crippen LogP contribution in [0.5, 0.6) is 11.5 Å². The lowest BCUT2D eigenvalue weighted by Crippen LogP contribution is -2.12. The summed E-state index contributed by atoms with van der Waals surface area (Å²) in [5.41, 5.74) is 10.3. The summed E-state index contributed by atoms with van der Waals surface area (Å²) in [6.45, 7) is 0. The van der Waals surface area contributed by atoms with Gasteiger partial charge in [-0.05, 0) is 77.0 Å². The molecular weight excluding hydrogens is 709 g/mol. The van der Waals surface area contributed by atoms with Gasteiger partial charge in [-0.2, -0.15) is 0 Å². The third-order valence-corrected chi connectivity index (χ3v) is 11.5. The monoisotopic (exact) mass is 742 g/mol. The first-order valence-corrected chi connectivity index (χ1v) is 19.7. The Morgan fingerprint density at radius 1 is 0.345 bits per heavy atom. The maximum absolute atomic E-state index is 7.05. The minimum absolute atomic E-state index is 0.831. The van der Waals surface area contributed by atoms with E-state index in [0.29, 0.717) is 0 Å². The molecule has 0 saturated carbocycles. The van der Waals surface area contributed by atoms with Crippen LogP contribution in [0.15, 0.2) is 211 Å². The minimum Gasteiger partial charge on any atom is -0.456 e. The van der Waals surface area contributed by atoms with Gasteiger partial charge in [0.05, 0.1) is 22.7 Å². The average molecular weight is 743 g/mol. The molecule has 0 bridgehead atoms. The molecule has 58 heavy (non-hydrogen) atoms. The van der Waals surface area contributed by atoms with Gasteiger partial charge in [-0.1, -0.05) is 140 Å². The first-order chi connectivity index (χ1) is 28.8. The minimum atomic E-state index is 0.831. The normalized spacial score (nSPS) is 11.9. The number of para-hydroxylation sites is 5. The highest BCUT2D eigenvalue weighted by molar-refractivity contribution is 6.28. The van der Waals surface area contributed by atoms with Gasteiger partial charge in [0, 0.05) is 55.3 Å². The molecule has 11 aromatic rings. The molecule has 4 nitrogen and oxygen atoms in total. The third-order valence-electron chi connectivity index (χ3n) is 11.5. The van der Waals surface area contributed by atoms with E-state index in [4.69, 9.17) is 9.15 Å². The van der Waals surface area contributed by atoms with Crippen LogP contribution in [-0.2, 0) is 0 Å². The number of anilines is 6. The van der Waals surface area contributed by atoms with Gasteiger partial charge in [0.15, 0.2) is 5.58 Å². The largest absolute Gasteiger partial charge is 0.456 e. The van der Waals surface area contributed by atoms with Crippen molar-refractivity contribution in [1.29, 1.82) is 0 Å². The molecule has 0 aliphatic carbocycles. The van der Waals surface area contributed by atoms with E-state index in [2.05, 4.69) is 204 Å². The summed E-state index contributed by atoms with van der Waals surface area (Å²) in [5.74, 6) is 1.68. The molecule has 0 radical (unpaired) electrons. The second-order valence-corrected chi connectivity index (χ2v) is 14.9. The summed E-state index contributed by atoms with van der Waals surface area (Å²) in [6, 6.07) is 73.0. The number of nitrogens with zero attached hydrogens (tertiary/aromatic N) is 2. The maximum Gasteiger partial charge on any atom is 0.159 e. The van der Waals surface area contributed by atoms with Gasteiger partial charge < -0.3 is 19.0 Å². The van der Waals surface area contributed by atoms with Crippen LogP contribution in [-0.4, -0.2) is 0 Å². The van der Waals surface area contributed by atoms with E-state index in [-0.39, 0.29) is 0 Å². The van der Waals surface area contributed by atoms with Crippen LogP contribution in [0, 0.1) is 0 Å². The number of hydrogen-bond acceptors (Lipinski definition) is 4. The lowest BCUT2D eigenvalue weighted by atomic mass is 9.91. The van der Waals surface area contributed by atoms with E-state index in [9.17, 15) is 0 Å². The number of rotatable bonds is 7. The van der Waals surface area contributed by atoms with Crippen molar-refractivity contribution in [3.8, 4) is 22.6 Å². The van der Waals surface area contributed by atoms with Crippen LogP contribution in [0.1, 0.15) is 0 Å². The molecule has 12 rings (SSSR count). The van der Waals surface area contributed by atoms with Crippen molar-refractivity contribution in [2.24, 2.45) is 0 Å². The molecule has 2 heterocycles. The van der Waals surface area contributed by atoms with Crippen molar-refractivity contribution in [3.63, 3.8) is 0 Å². The number of benzene rings is 10. The van der Waals surface area contributed by atoms with E-state index >= 15 is 0 Å². The van der Waals surface area contributed by atoms with Crippen LogP contribution in [0.4, 0.5) is 34.1 Å². The Hall–Kier alpha value is -7.82. The van der Waals surface area contributed by atoms with Crippen molar-refractivity contribution < 1.29 is 9.15 Å². The second kappa shape index (κ2) is 12.9. The Labute approximate surface area is 335 Å².